The number of hydrogen-bond acceptors (Lipinski definition) is 4. The highest BCUT2D eigenvalue weighted by molar-refractivity contribution is 5.85. The molecule has 0 unspecified atom stereocenters. The zero-order valence-electron chi connectivity index (χ0n) is 7.64. The van der Waals surface area contributed by atoms with Gasteiger partial charge in [0.15, 0.2) is 0 Å². The number of aromatic hydroxyl groups is 1. The molecular formula is C9H10ClFN2O2. The number of halogens is 2. The largest absolute Gasteiger partial charge is 0.506 e. The average molecular weight is 233 g/mol. The van der Waals surface area contributed by atoms with Crippen molar-refractivity contribution >= 4 is 12.4 Å². The summed E-state index contributed by atoms with van der Waals surface area (Å²) in [5.41, 5.74) is 5.13. The number of hydrogen-bond donors (Lipinski definition) is 3. The van der Waals surface area contributed by atoms with Gasteiger partial charge in [-0.1, -0.05) is 6.07 Å². The molecule has 0 aliphatic heterocycles. The molecule has 4 nitrogen and oxygen atoms in total. The number of phenols is 1. The lowest BCUT2D eigenvalue weighted by molar-refractivity contribution is 0.265. The third kappa shape index (κ3) is 2.57. The fourth-order valence-corrected chi connectivity index (χ4v) is 1.09. The van der Waals surface area contributed by atoms with Crippen molar-refractivity contribution in [2.24, 2.45) is 5.73 Å². The normalized spacial score (nSPS) is 11.3. The van der Waals surface area contributed by atoms with E-state index in [2.05, 4.69) is 0 Å². The minimum atomic E-state index is -0.817. The SMILES string of the molecule is Cl.N#Cc1c(F)ccc([C@H](N)CO)c1O. The van der Waals surface area contributed by atoms with E-state index in [0.717, 1.165) is 6.07 Å². The van der Waals surface area contributed by atoms with Crippen LogP contribution in [0.3, 0.4) is 0 Å². The molecule has 1 aromatic rings. The van der Waals surface area contributed by atoms with Gasteiger partial charge in [0.25, 0.3) is 0 Å². The fraction of sp³-hybridized carbons (Fsp3) is 0.222. The predicted octanol–water partition coefficient (Wildman–Crippen LogP) is 0.817. The van der Waals surface area contributed by atoms with Crippen LogP contribution >= 0.6 is 12.4 Å². The quantitative estimate of drug-likeness (QED) is 0.704. The van der Waals surface area contributed by atoms with E-state index in [0.29, 0.717) is 0 Å². The molecule has 1 rings (SSSR count). The lowest BCUT2D eigenvalue weighted by Crippen LogP contribution is -2.15. The van der Waals surface area contributed by atoms with Crippen LogP contribution in [0.2, 0.25) is 0 Å². The van der Waals surface area contributed by atoms with E-state index in [-0.39, 0.29) is 24.6 Å². The Morgan fingerprint density at radius 1 is 1.53 bits per heavy atom. The second-order valence-corrected chi connectivity index (χ2v) is 2.76. The number of nitrogens with two attached hydrogens (primary N) is 1. The minimum absolute atomic E-state index is 0. The van der Waals surface area contributed by atoms with Crippen molar-refractivity contribution in [3.8, 4) is 11.8 Å². The summed E-state index contributed by atoms with van der Waals surface area (Å²) in [6, 6.07) is 2.98. The number of nitrogens with zero attached hydrogens (tertiary/aromatic N) is 1. The molecule has 6 heteroatoms. The van der Waals surface area contributed by atoms with Gasteiger partial charge in [-0.3, -0.25) is 0 Å². The van der Waals surface area contributed by atoms with Crippen LogP contribution in [0.4, 0.5) is 4.39 Å². The van der Waals surface area contributed by atoms with Crippen LogP contribution in [-0.4, -0.2) is 16.8 Å². The zero-order chi connectivity index (χ0) is 10.7. The highest BCUT2D eigenvalue weighted by Gasteiger charge is 2.16. The number of benzene rings is 1. The first-order valence-corrected chi connectivity index (χ1v) is 3.89. The maximum Gasteiger partial charge on any atom is 0.144 e. The first kappa shape index (κ1) is 13.7. The second kappa shape index (κ2) is 5.51. The Kier molecular flexibility index (Phi) is 5.02. The lowest BCUT2D eigenvalue weighted by atomic mass is 10.0. The fourth-order valence-electron chi connectivity index (χ4n) is 1.09. The van der Waals surface area contributed by atoms with Crippen molar-refractivity contribution in [2.45, 2.75) is 6.04 Å². The maximum absolute atomic E-state index is 12.9. The summed E-state index contributed by atoms with van der Waals surface area (Å²) in [5.74, 6) is -1.31. The third-order valence-electron chi connectivity index (χ3n) is 1.87. The zero-order valence-corrected chi connectivity index (χ0v) is 8.46. The minimum Gasteiger partial charge on any atom is -0.506 e. The number of phenolic OH excluding ortho intramolecular Hbond substituents is 1. The molecule has 15 heavy (non-hydrogen) atoms. The predicted molar refractivity (Wildman–Crippen MR) is 54.0 cm³/mol. The Bertz CT molecular complexity index is 392. The van der Waals surface area contributed by atoms with E-state index in [1.807, 2.05) is 0 Å². The van der Waals surface area contributed by atoms with Crippen LogP contribution < -0.4 is 5.73 Å². The Labute approximate surface area is 92.2 Å². The van der Waals surface area contributed by atoms with Gasteiger partial charge in [0.1, 0.15) is 23.2 Å². The molecule has 0 aliphatic rings. The smallest absolute Gasteiger partial charge is 0.144 e. The second-order valence-electron chi connectivity index (χ2n) is 2.76. The van der Waals surface area contributed by atoms with Crippen LogP contribution in [-0.2, 0) is 0 Å². The highest BCUT2D eigenvalue weighted by Crippen LogP contribution is 2.28. The van der Waals surface area contributed by atoms with Gasteiger partial charge in [-0.05, 0) is 6.07 Å². The van der Waals surface area contributed by atoms with E-state index in [1.54, 1.807) is 0 Å². The highest BCUT2D eigenvalue weighted by atomic mass is 35.5. The van der Waals surface area contributed by atoms with Crippen molar-refractivity contribution in [1.29, 1.82) is 5.26 Å². The Balaban J connectivity index is 0.00000196. The number of aliphatic hydroxyl groups excluding tert-OH is 1. The molecule has 0 bridgehead atoms. The average Bonchev–Trinajstić information content (AvgIpc) is 2.18. The molecule has 4 N–H and O–H groups in total. The van der Waals surface area contributed by atoms with Crippen molar-refractivity contribution in [2.75, 3.05) is 6.61 Å². The van der Waals surface area contributed by atoms with E-state index < -0.39 is 23.2 Å². The molecule has 0 aromatic heterocycles. The van der Waals surface area contributed by atoms with E-state index >= 15 is 0 Å². The van der Waals surface area contributed by atoms with Crippen LogP contribution in [0.5, 0.6) is 5.75 Å². The van der Waals surface area contributed by atoms with Crippen LogP contribution in [0.1, 0.15) is 17.2 Å². The van der Waals surface area contributed by atoms with Crippen molar-refractivity contribution < 1.29 is 14.6 Å². The lowest BCUT2D eigenvalue weighted by Gasteiger charge is -2.11. The summed E-state index contributed by atoms with van der Waals surface area (Å²) < 4.78 is 12.9. The van der Waals surface area contributed by atoms with Gasteiger partial charge < -0.3 is 15.9 Å². The molecule has 0 amide bonds. The molecular weight excluding hydrogens is 223 g/mol. The first-order valence-electron chi connectivity index (χ1n) is 3.89. The van der Waals surface area contributed by atoms with Crippen LogP contribution in [0.15, 0.2) is 12.1 Å². The molecule has 82 valence electrons. The monoisotopic (exact) mass is 232 g/mol. The van der Waals surface area contributed by atoms with Gasteiger partial charge in [-0.2, -0.15) is 5.26 Å². The summed E-state index contributed by atoms with van der Waals surface area (Å²) in [5, 5.41) is 26.7. The topological polar surface area (TPSA) is 90.3 Å². The first-order chi connectivity index (χ1) is 6.61. The molecule has 0 aliphatic carbocycles. The van der Waals surface area contributed by atoms with Gasteiger partial charge in [0.2, 0.25) is 0 Å². The number of rotatable bonds is 2. The Hall–Kier alpha value is -1.35. The van der Waals surface area contributed by atoms with Crippen molar-refractivity contribution in [1.82, 2.24) is 0 Å². The molecule has 0 saturated carbocycles. The summed E-state index contributed by atoms with van der Waals surface area (Å²) in [6.07, 6.45) is 0. The molecule has 1 atom stereocenters. The Morgan fingerprint density at radius 3 is 2.60 bits per heavy atom. The van der Waals surface area contributed by atoms with Gasteiger partial charge in [-0.25, -0.2) is 4.39 Å². The summed E-state index contributed by atoms with van der Waals surface area (Å²) in [7, 11) is 0. The van der Waals surface area contributed by atoms with Gasteiger partial charge >= 0.3 is 0 Å². The van der Waals surface area contributed by atoms with E-state index in [9.17, 15) is 9.50 Å². The van der Waals surface area contributed by atoms with Crippen LogP contribution in [0.25, 0.3) is 0 Å². The molecule has 0 saturated heterocycles. The molecule has 0 radical (unpaired) electrons. The summed E-state index contributed by atoms with van der Waals surface area (Å²) in [4.78, 5) is 0. The van der Waals surface area contributed by atoms with Crippen molar-refractivity contribution in [3.63, 3.8) is 0 Å². The molecule has 1 aromatic carbocycles. The van der Waals surface area contributed by atoms with Gasteiger partial charge in [0, 0.05) is 5.56 Å². The molecule has 0 spiro atoms. The summed E-state index contributed by atoms with van der Waals surface area (Å²) >= 11 is 0. The van der Waals surface area contributed by atoms with Crippen molar-refractivity contribution in [3.05, 3.63) is 29.1 Å². The molecule has 0 fully saturated rings. The van der Waals surface area contributed by atoms with Gasteiger partial charge in [-0.15, -0.1) is 12.4 Å². The van der Waals surface area contributed by atoms with E-state index in [1.165, 1.54) is 12.1 Å². The summed E-state index contributed by atoms with van der Waals surface area (Å²) in [6.45, 7) is -0.385. The number of nitriles is 1. The maximum atomic E-state index is 12.9. The van der Waals surface area contributed by atoms with E-state index in [4.69, 9.17) is 16.1 Å². The Morgan fingerprint density at radius 2 is 2.13 bits per heavy atom. The number of aliphatic hydroxyl groups is 1. The van der Waals surface area contributed by atoms with Gasteiger partial charge in [0.05, 0.1) is 12.6 Å². The third-order valence-corrected chi connectivity index (χ3v) is 1.87. The standard InChI is InChI=1S/C9H9FN2O2.ClH/c10-7-2-1-5(8(12)4-13)9(14)6(7)3-11;/h1-2,8,13-14H,4,12H2;1H/t8-;/m1./s1. The van der Waals surface area contributed by atoms with Crippen LogP contribution in [0, 0.1) is 17.1 Å². The molecule has 0 heterocycles.